The highest BCUT2D eigenvalue weighted by Crippen LogP contribution is 2.50. The van der Waals surface area contributed by atoms with Crippen LogP contribution in [-0.2, 0) is 19.3 Å². The first-order valence-electron chi connectivity index (χ1n) is 11.2. The Labute approximate surface area is 194 Å². The quantitative estimate of drug-likeness (QED) is 0.307. The van der Waals surface area contributed by atoms with E-state index in [2.05, 4.69) is 16.7 Å². The lowest BCUT2D eigenvalue weighted by atomic mass is 9.77. The first-order chi connectivity index (χ1) is 16.3. The summed E-state index contributed by atoms with van der Waals surface area (Å²) in [5.41, 5.74) is 3.20. The van der Waals surface area contributed by atoms with Gasteiger partial charge in [-0.05, 0) is 52.8 Å². The largest absolute Gasteiger partial charge is 0.416 e. The third kappa shape index (κ3) is 4.44. The van der Waals surface area contributed by atoms with Gasteiger partial charge in [-0.1, -0.05) is 48.6 Å². The minimum atomic E-state index is -4.33. The van der Waals surface area contributed by atoms with Crippen molar-refractivity contribution in [3.05, 3.63) is 112 Å². The van der Waals surface area contributed by atoms with Gasteiger partial charge in [0, 0.05) is 25.1 Å². The predicted molar refractivity (Wildman–Crippen MR) is 121 cm³/mol. The molecule has 7 heteroatoms. The van der Waals surface area contributed by atoms with E-state index in [1.807, 2.05) is 30.3 Å². The molecule has 2 N–H and O–H groups in total. The van der Waals surface area contributed by atoms with Crippen LogP contribution in [0.3, 0.4) is 0 Å². The third-order valence-corrected chi connectivity index (χ3v) is 6.66. The highest BCUT2D eigenvalue weighted by molar-refractivity contribution is 5.60. The van der Waals surface area contributed by atoms with Crippen LogP contribution in [0.5, 0.6) is 0 Å². The topological polar surface area (TPSA) is 24.1 Å². The molecule has 34 heavy (non-hydrogen) atoms. The van der Waals surface area contributed by atoms with Crippen molar-refractivity contribution in [3.8, 4) is 0 Å². The van der Waals surface area contributed by atoms with Gasteiger partial charge in [-0.3, -0.25) is 0 Å². The second kappa shape index (κ2) is 8.87. The molecule has 1 heterocycles. The molecule has 3 atom stereocenters. The van der Waals surface area contributed by atoms with Crippen LogP contribution in [0.15, 0.2) is 72.8 Å². The van der Waals surface area contributed by atoms with E-state index in [1.165, 1.54) is 18.2 Å². The zero-order valence-corrected chi connectivity index (χ0v) is 18.2. The van der Waals surface area contributed by atoms with E-state index in [0.717, 1.165) is 41.3 Å². The smallest absolute Gasteiger partial charge is 0.375 e. The Hall–Kier alpha value is -3.19. The van der Waals surface area contributed by atoms with Crippen LogP contribution < -0.4 is 10.6 Å². The summed E-state index contributed by atoms with van der Waals surface area (Å²) >= 11 is 0. The molecule has 176 valence electrons. The number of anilines is 1. The first-order valence-corrected chi connectivity index (χ1v) is 11.2. The van der Waals surface area contributed by atoms with E-state index < -0.39 is 23.4 Å². The van der Waals surface area contributed by atoms with Gasteiger partial charge in [-0.25, -0.2) is 8.78 Å². The summed E-state index contributed by atoms with van der Waals surface area (Å²) in [7, 11) is 0. The molecule has 1 aliphatic heterocycles. The van der Waals surface area contributed by atoms with Gasteiger partial charge in [0.2, 0.25) is 0 Å². The predicted octanol–water partition coefficient (Wildman–Crippen LogP) is 7.10. The summed E-state index contributed by atoms with van der Waals surface area (Å²) in [6, 6.07) is 15.4. The zero-order valence-electron chi connectivity index (χ0n) is 18.2. The number of fused-ring (bicyclic) bond motifs is 3. The maximum atomic E-state index is 14.5. The van der Waals surface area contributed by atoms with E-state index in [4.69, 9.17) is 0 Å². The monoisotopic (exact) mass is 470 g/mol. The maximum absolute atomic E-state index is 14.5. The molecule has 0 fully saturated rings. The van der Waals surface area contributed by atoms with Gasteiger partial charge in [0.25, 0.3) is 0 Å². The molecule has 0 unspecified atom stereocenters. The van der Waals surface area contributed by atoms with Crippen LogP contribution in [0.25, 0.3) is 0 Å². The van der Waals surface area contributed by atoms with Gasteiger partial charge in [0.05, 0.1) is 17.3 Å². The second-order valence-electron chi connectivity index (χ2n) is 8.87. The van der Waals surface area contributed by atoms with Gasteiger partial charge in [0.1, 0.15) is 11.6 Å². The fraction of sp³-hybridized carbons (Fsp3) is 0.259. The van der Waals surface area contributed by atoms with Crippen molar-refractivity contribution in [1.29, 1.82) is 0 Å². The van der Waals surface area contributed by atoms with Crippen LogP contribution >= 0.6 is 0 Å². The summed E-state index contributed by atoms with van der Waals surface area (Å²) < 4.78 is 66.4. The molecule has 0 bridgehead atoms. The molecule has 3 aromatic carbocycles. The van der Waals surface area contributed by atoms with E-state index in [0.29, 0.717) is 24.3 Å². The van der Waals surface area contributed by atoms with Crippen LogP contribution in [0.1, 0.15) is 46.2 Å². The Morgan fingerprint density at radius 2 is 1.53 bits per heavy atom. The minimum Gasteiger partial charge on any atom is -0.375 e. The first kappa shape index (κ1) is 22.6. The molecule has 5 rings (SSSR count). The summed E-state index contributed by atoms with van der Waals surface area (Å²) in [5.74, 6) is -1.000. The van der Waals surface area contributed by atoms with Gasteiger partial charge in [-0.2, -0.15) is 13.2 Å². The number of hydrogen-bond donors (Lipinski definition) is 2. The SMILES string of the molecule is Fc1cc(F)c2c(c1)[C@@H]1C=CC[C@@H]1[C@H](c1ccc(CNCc3ccc(C(F)(F)F)cc3)cc1)N2. The lowest BCUT2D eigenvalue weighted by Gasteiger charge is -2.37. The van der Waals surface area contributed by atoms with Gasteiger partial charge in [0.15, 0.2) is 0 Å². The molecule has 0 aromatic heterocycles. The van der Waals surface area contributed by atoms with E-state index in [1.54, 1.807) is 0 Å². The fourth-order valence-electron chi connectivity index (χ4n) is 4.96. The van der Waals surface area contributed by atoms with Crippen molar-refractivity contribution < 1.29 is 22.0 Å². The van der Waals surface area contributed by atoms with Crippen molar-refractivity contribution in [2.75, 3.05) is 5.32 Å². The molecule has 2 nitrogen and oxygen atoms in total. The fourth-order valence-corrected chi connectivity index (χ4v) is 4.96. The standard InChI is InChI=1S/C27H23F5N2/c28-20-12-23-21-2-1-3-22(21)25(34-26(23)24(29)13-20)18-8-4-16(5-9-18)14-33-15-17-6-10-19(11-7-17)27(30,31)32/h1-2,4-13,21-22,25,33-34H,3,14-15H2/t21-,22+,25+/m1/s1. The molecule has 0 radical (unpaired) electrons. The number of rotatable bonds is 5. The zero-order chi connectivity index (χ0) is 23.9. The van der Waals surface area contributed by atoms with Crippen LogP contribution in [0.2, 0.25) is 0 Å². The second-order valence-corrected chi connectivity index (χ2v) is 8.87. The average Bonchev–Trinajstić information content (AvgIpc) is 3.29. The molecule has 0 amide bonds. The Kier molecular flexibility index (Phi) is 5.90. The number of halogens is 5. The number of nitrogens with one attached hydrogen (secondary N) is 2. The molecule has 3 aromatic rings. The highest BCUT2D eigenvalue weighted by Gasteiger charge is 2.39. The van der Waals surface area contributed by atoms with Crippen LogP contribution in [0.4, 0.5) is 27.6 Å². The minimum absolute atomic E-state index is 0.0310. The third-order valence-electron chi connectivity index (χ3n) is 6.66. The van der Waals surface area contributed by atoms with E-state index in [9.17, 15) is 22.0 Å². The normalized spacial score (nSPS) is 21.1. The summed E-state index contributed by atoms with van der Waals surface area (Å²) in [5, 5.41) is 6.55. The van der Waals surface area contributed by atoms with Crippen molar-refractivity contribution >= 4 is 5.69 Å². The van der Waals surface area contributed by atoms with Crippen molar-refractivity contribution in [2.45, 2.75) is 37.6 Å². The lowest BCUT2D eigenvalue weighted by molar-refractivity contribution is -0.137. The van der Waals surface area contributed by atoms with Crippen molar-refractivity contribution in [1.82, 2.24) is 5.32 Å². The van der Waals surface area contributed by atoms with Gasteiger partial charge < -0.3 is 10.6 Å². The molecular weight excluding hydrogens is 447 g/mol. The molecular formula is C27H23F5N2. The molecule has 0 spiro atoms. The highest BCUT2D eigenvalue weighted by atomic mass is 19.4. The molecule has 1 aliphatic carbocycles. The van der Waals surface area contributed by atoms with Gasteiger partial charge >= 0.3 is 6.18 Å². The Morgan fingerprint density at radius 3 is 2.18 bits per heavy atom. The van der Waals surface area contributed by atoms with E-state index in [-0.39, 0.29) is 17.9 Å². The van der Waals surface area contributed by atoms with Crippen molar-refractivity contribution in [2.24, 2.45) is 5.92 Å². The maximum Gasteiger partial charge on any atom is 0.416 e. The lowest BCUT2D eigenvalue weighted by Crippen LogP contribution is -2.30. The average molecular weight is 470 g/mol. The summed E-state index contributed by atoms with van der Waals surface area (Å²) in [6.45, 7) is 1.01. The summed E-state index contributed by atoms with van der Waals surface area (Å²) in [4.78, 5) is 0. The number of alkyl halides is 3. The summed E-state index contributed by atoms with van der Waals surface area (Å²) in [6.07, 6.45) is 0.604. The Bertz CT molecular complexity index is 1200. The Morgan fingerprint density at radius 1 is 0.882 bits per heavy atom. The van der Waals surface area contributed by atoms with Crippen molar-refractivity contribution in [3.63, 3.8) is 0 Å². The van der Waals surface area contributed by atoms with Gasteiger partial charge in [-0.15, -0.1) is 0 Å². The molecule has 0 saturated heterocycles. The molecule has 2 aliphatic rings. The van der Waals surface area contributed by atoms with Crippen LogP contribution in [0, 0.1) is 17.6 Å². The van der Waals surface area contributed by atoms with E-state index >= 15 is 0 Å². The van der Waals surface area contributed by atoms with Crippen LogP contribution in [-0.4, -0.2) is 0 Å². The number of hydrogen-bond acceptors (Lipinski definition) is 2. The number of benzene rings is 3. The number of allylic oxidation sites excluding steroid dienone is 2. The Balaban J connectivity index is 1.24. The molecule has 0 saturated carbocycles.